The van der Waals surface area contributed by atoms with Gasteiger partial charge in [0, 0.05) is 19.0 Å². The number of rotatable bonds is 6. The highest BCUT2D eigenvalue weighted by Crippen LogP contribution is 2.25. The fraction of sp³-hybridized carbons (Fsp3) is 0.500. The molecule has 1 saturated heterocycles. The monoisotopic (exact) mass is 355 g/mol. The SMILES string of the molecule is C=C/C=C(\C=C)COC(=O)N1CCC(C)C(C(=O)CBr)C1. The molecule has 0 saturated carbocycles. The molecule has 0 N–H and O–H groups in total. The van der Waals surface area contributed by atoms with Gasteiger partial charge in [-0.1, -0.05) is 54.2 Å². The van der Waals surface area contributed by atoms with Crippen molar-refractivity contribution in [1.29, 1.82) is 0 Å². The third-order valence-corrected chi connectivity index (χ3v) is 4.27. The molecule has 0 aromatic carbocycles. The number of likely N-dealkylation sites (tertiary alicyclic amines) is 1. The van der Waals surface area contributed by atoms with Crippen LogP contribution in [0.25, 0.3) is 0 Å². The van der Waals surface area contributed by atoms with Crippen molar-refractivity contribution in [2.24, 2.45) is 11.8 Å². The third-order valence-electron chi connectivity index (χ3n) is 3.72. The first kappa shape index (κ1) is 17.7. The highest BCUT2D eigenvalue weighted by Gasteiger charge is 2.33. The van der Waals surface area contributed by atoms with E-state index >= 15 is 0 Å². The van der Waals surface area contributed by atoms with Gasteiger partial charge in [0.1, 0.15) is 12.4 Å². The number of hydrogen-bond donors (Lipinski definition) is 0. The Kier molecular flexibility index (Phi) is 7.43. The molecule has 0 aromatic rings. The van der Waals surface area contributed by atoms with E-state index in [0.717, 1.165) is 12.0 Å². The predicted octanol–water partition coefficient (Wildman–Crippen LogP) is 3.34. The van der Waals surface area contributed by atoms with Crippen LogP contribution in [-0.4, -0.2) is 41.8 Å². The quantitative estimate of drug-likeness (QED) is 0.542. The fourth-order valence-corrected chi connectivity index (χ4v) is 2.73. The first-order valence-electron chi connectivity index (χ1n) is 6.97. The second-order valence-corrected chi connectivity index (χ2v) is 5.72. The van der Waals surface area contributed by atoms with Crippen LogP contribution >= 0.6 is 15.9 Å². The summed E-state index contributed by atoms with van der Waals surface area (Å²) >= 11 is 3.20. The molecule has 1 aliphatic heterocycles. The number of ether oxygens (including phenoxy) is 1. The smallest absolute Gasteiger partial charge is 0.410 e. The summed E-state index contributed by atoms with van der Waals surface area (Å²) in [5.74, 6) is 0.315. The Morgan fingerprint density at radius 1 is 1.43 bits per heavy atom. The van der Waals surface area contributed by atoms with Gasteiger partial charge in [0.25, 0.3) is 0 Å². The van der Waals surface area contributed by atoms with Gasteiger partial charge in [0.2, 0.25) is 0 Å². The zero-order valence-electron chi connectivity index (χ0n) is 12.4. The molecule has 0 aromatic heterocycles. The number of ketones is 1. The third kappa shape index (κ3) is 5.16. The summed E-state index contributed by atoms with van der Waals surface area (Å²) in [6.45, 7) is 10.5. The lowest BCUT2D eigenvalue weighted by Gasteiger charge is -2.35. The van der Waals surface area contributed by atoms with E-state index < -0.39 is 0 Å². The van der Waals surface area contributed by atoms with Crippen LogP contribution in [0.1, 0.15) is 13.3 Å². The van der Waals surface area contributed by atoms with Crippen LogP contribution in [0.15, 0.2) is 37.0 Å². The van der Waals surface area contributed by atoms with Crippen molar-refractivity contribution in [2.75, 3.05) is 25.0 Å². The van der Waals surface area contributed by atoms with Crippen LogP contribution in [0, 0.1) is 11.8 Å². The van der Waals surface area contributed by atoms with Crippen molar-refractivity contribution in [2.45, 2.75) is 13.3 Å². The molecule has 0 spiro atoms. The zero-order valence-corrected chi connectivity index (χ0v) is 14.0. The molecule has 116 valence electrons. The minimum atomic E-state index is -0.383. The molecule has 5 heteroatoms. The first-order valence-corrected chi connectivity index (χ1v) is 8.10. The summed E-state index contributed by atoms with van der Waals surface area (Å²) in [4.78, 5) is 25.6. The van der Waals surface area contributed by atoms with Crippen LogP contribution in [0.4, 0.5) is 4.79 Å². The summed E-state index contributed by atoms with van der Waals surface area (Å²) in [6.07, 6.45) is 5.43. The normalized spacial score (nSPS) is 22.6. The van der Waals surface area contributed by atoms with Gasteiger partial charge >= 0.3 is 6.09 Å². The molecule has 1 rings (SSSR count). The maximum Gasteiger partial charge on any atom is 0.410 e. The summed E-state index contributed by atoms with van der Waals surface area (Å²) in [5, 5.41) is 0.327. The Bertz CT molecular complexity index is 445. The van der Waals surface area contributed by atoms with Crippen LogP contribution in [0.3, 0.4) is 0 Å². The Labute approximate surface area is 134 Å². The lowest BCUT2D eigenvalue weighted by molar-refractivity contribution is -0.123. The number of hydrogen-bond acceptors (Lipinski definition) is 3. The minimum Gasteiger partial charge on any atom is -0.445 e. The van der Waals surface area contributed by atoms with E-state index in [1.165, 1.54) is 0 Å². The number of nitrogens with zero attached hydrogens (tertiary/aromatic N) is 1. The van der Waals surface area contributed by atoms with Crippen LogP contribution in [-0.2, 0) is 9.53 Å². The summed E-state index contributed by atoms with van der Waals surface area (Å²) in [7, 11) is 0. The van der Waals surface area contributed by atoms with Crippen LogP contribution < -0.4 is 0 Å². The number of amides is 1. The maximum absolute atomic E-state index is 12.1. The molecular weight excluding hydrogens is 334 g/mol. The largest absolute Gasteiger partial charge is 0.445 e. The van der Waals surface area contributed by atoms with Crippen molar-refractivity contribution < 1.29 is 14.3 Å². The lowest BCUT2D eigenvalue weighted by Crippen LogP contribution is -2.46. The summed E-state index contributed by atoms with van der Waals surface area (Å²) in [6, 6.07) is 0. The molecule has 0 radical (unpaired) electrons. The molecule has 1 amide bonds. The van der Waals surface area contributed by atoms with Gasteiger partial charge in [0.05, 0.1) is 5.33 Å². The van der Waals surface area contributed by atoms with E-state index in [1.54, 1.807) is 23.1 Å². The molecule has 1 fully saturated rings. The van der Waals surface area contributed by atoms with E-state index in [2.05, 4.69) is 36.0 Å². The number of alkyl halides is 1. The summed E-state index contributed by atoms with van der Waals surface area (Å²) < 4.78 is 5.26. The van der Waals surface area contributed by atoms with Crippen molar-refractivity contribution in [3.8, 4) is 0 Å². The van der Waals surface area contributed by atoms with E-state index in [9.17, 15) is 9.59 Å². The molecule has 0 aliphatic carbocycles. The highest BCUT2D eigenvalue weighted by atomic mass is 79.9. The van der Waals surface area contributed by atoms with Gasteiger partial charge < -0.3 is 9.64 Å². The van der Waals surface area contributed by atoms with Gasteiger partial charge in [0.15, 0.2) is 0 Å². The number of carbonyl (C=O) groups is 2. The average molecular weight is 356 g/mol. The van der Waals surface area contributed by atoms with Gasteiger partial charge in [-0.15, -0.1) is 0 Å². The zero-order chi connectivity index (χ0) is 15.8. The predicted molar refractivity (Wildman–Crippen MR) is 87.5 cm³/mol. The van der Waals surface area contributed by atoms with Gasteiger partial charge in [-0.3, -0.25) is 4.79 Å². The van der Waals surface area contributed by atoms with E-state index in [0.29, 0.717) is 24.3 Å². The van der Waals surface area contributed by atoms with E-state index in [1.807, 2.05) is 0 Å². The fourth-order valence-electron chi connectivity index (χ4n) is 2.32. The molecular formula is C16H22BrNO3. The number of halogens is 1. The van der Waals surface area contributed by atoms with Crippen molar-refractivity contribution >= 4 is 27.8 Å². The van der Waals surface area contributed by atoms with Gasteiger partial charge in [-0.2, -0.15) is 0 Å². The second kappa shape index (κ2) is 8.82. The summed E-state index contributed by atoms with van der Waals surface area (Å²) in [5.41, 5.74) is 0.789. The van der Waals surface area contributed by atoms with E-state index in [-0.39, 0.29) is 24.4 Å². The first-order chi connectivity index (χ1) is 10.0. The van der Waals surface area contributed by atoms with E-state index in [4.69, 9.17) is 4.74 Å². The lowest BCUT2D eigenvalue weighted by atomic mass is 9.85. The topological polar surface area (TPSA) is 46.6 Å². The Hall–Kier alpha value is -1.36. The molecule has 0 bridgehead atoms. The number of piperidine rings is 1. The molecule has 1 heterocycles. The molecule has 1 aliphatic rings. The van der Waals surface area contributed by atoms with Gasteiger partial charge in [-0.05, 0) is 17.9 Å². The second-order valence-electron chi connectivity index (χ2n) is 5.15. The van der Waals surface area contributed by atoms with Crippen molar-refractivity contribution in [1.82, 2.24) is 4.90 Å². The van der Waals surface area contributed by atoms with Crippen molar-refractivity contribution in [3.63, 3.8) is 0 Å². The number of carbonyl (C=O) groups excluding carboxylic acids is 2. The minimum absolute atomic E-state index is 0.117. The Balaban J connectivity index is 2.58. The van der Waals surface area contributed by atoms with Crippen molar-refractivity contribution in [3.05, 3.63) is 37.0 Å². The molecule has 2 atom stereocenters. The highest BCUT2D eigenvalue weighted by molar-refractivity contribution is 9.09. The molecule has 21 heavy (non-hydrogen) atoms. The number of allylic oxidation sites excluding steroid dienone is 2. The molecule has 2 unspecified atom stereocenters. The van der Waals surface area contributed by atoms with Crippen LogP contribution in [0.5, 0.6) is 0 Å². The number of Topliss-reactive ketones (excluding diaryl/α,β-unsaturated/α-hetero) is 1. The average Bonchev–Trinajstić information content (AvgIpc) is 2.50. The van der Waals surface area contributed by atoms with Crippen LogP contribution in [0.2, 0.25) is 0 Å². The molecule has 4 nitrogen and oxygen atoms in total. The van der Waals surface area contributed by atoms with Gasteiger partial charge in [-0.25, -0.2) is 4.79 Å². The Morgan fingerprint density at radius 3 is 2.71 bits per heavy atom. The standard InChI is InChI=1S/C16H22BrNO3/c1-4-6-13(5-2)11-21-16(20)18-8-7-12(3)14(10-18)15(19)9-17/h4-6,12,14H,1-2,7-11H2,3H3/b13-6+. The Morgan fingerprint density at radius 2 is 2.14 bits per heavy atom. The maximum atomic E-state index is 12.1.